The molecular weight excluding hydrogens is 204 g/mol. The van der Waals surface area contributed by atoms with Gasteiger partial charge in [-0.25, -0.2) is 0 Å². The SMILES string of the molecule is Nc1cccc(N)c1.Sc1ccccc1. The van der Waals surface area contributed by atoms with E-state index in [1.807, 2.05) is 36.4 Å². The van der Waals surface area contributed by atoms with Gasteiger partial charge >= 0.3 is 0 Å². The van der Waals surface area contributed by atoms with Crippen LogP contribution < -0.4 is 11.5 Å². The molecule has 15 heavy (non-hydrogen) atoms. The highest BCUT2D eigenvalue weighted by Gasteiger charge is 1.81. The fraction of sp³-hybridized carbons (Fsp3) is 0. The van der Waals surface area contributed by atoms with Crippen LogP contribution in [0.5, 0.6) is 0 Å². The zero-order chi connectivity index (χ0) is 11.1. The summed E-state index contributed by atoms with van der Waals surface area (Å²) in [6.45, 7) is 0. The average molecular weight is 218 g/mol. The van der Waals surface area contributed by atoms with Crippen molar-refractivity contribution in [2.24, 2.45) is 0 Å². The summed E-state index contributed by atoms with van der Waals surface area (Å²) < 4.78 is 0. The third-order valence-corrected chi connectivity index (χ3v) is 1.97. The zero-order valence-electron chi connectivity index (χ0n) is 8.30. The molecule has 78 valence electrons. The number of hydrogen-bond donors (Lipinski definition) is 3. The van der Waals surface area contributed by atoms with Gasteiger partial charge in [-0.1, -0.05) is 24.3 Å². The Labute approximate surface area is 95.3 Å². The fourth-order valence-electron chi connectivity index (χ4n) is 0.987. The molecule has 0 aliphatic heterocycles. The van der Waals surface area contributed by atoms with Gasteiger partial charge in [0, 0.05) is 16.3 Å². The first-order valence-electron chi connectivity index (χ1n) is 4.53. The zero-order valence-corrected chi connectivity index (χ0v) is 9.19. The maximum Gasteiger partial charge on any atom is 0.0334 e. The van der Waals surface area contributed by atoms with Crippen molar-refractivity contribution in [2.75, 3.05) is 11.5 Å². The van der Waals surface area contributed by atoms with Gasteiger partial charge in [-0.2, -0.15) is 0 Å². The van der Waals surface area contributed by atoms with E-state index in [1.54, 1.807) is 18.2 Å². The highest BCUT2D eigenvalue weighted by Crippen LogP contribution is 2.06. The molecule has 0 atom stereocenters. The van der Waals surface area contributed by atoms with E-state index < -0.39 is 0 Å². The van der Waals surface area contributed by atoms with Crippen LogP contribution in [0.3, 0.4) is 0 Å². The molecule has 0 bridgehead atoms. The minimum Gasteiger partial charge on any atom is -0.399 e. The normalized spacial score (nSPS) is 8.87. The second-order valence-corrected chi connectivity index (χ2v) is 3.52. The molecular formula is C12H14N2S. The molecule has 2 rings (SSSR count). The lowest BCUT2D eigenvalue weighted by atomic mass is 10.3. The number of nitrogen functional groups attached to an aromatic ring is 2. The van der Waals surface area contributed by atoms with E-state index in [1.165, 1.54) is 0 Å². The Morgan fingerprint density at radius 1 is 0.733 bits per heavy atom. The molecule has 0 saturated carbocycles. The van der Waals surface area contributed by atoms with Gasteiger partial charge in [0.05, 0.1) is 0 Å². The molecule has 4 N–H and O–H groups in total. The van der Waals surface area contributed by atoms with Crippen molar-refractivity contribution >= 4 is 24.0 Å². The van der Waals surface area contributed by atoms with Crippen LogP contribution in [-0.2, 0) is 0 Å². The molecule has 2 aromatic rings. The monoisotopic (exact) mass is 218 g/mol. The van der Waals surface area contributed by atoms with E-state index in [0.29, 0.717) is 11.4 Å². The Morgan fingerprint density at radius 2 is 1.27 bits per heavy atom. The highest BCUT2D eigenvalue weighted by atomic mass is 32.1. The molecule has 0 amide bonds. The van der Waals surface area contributed by atoms with Crippen LogP contribution in [0.2, 0.25) is 0 Å². The standard InChI is InChI=1S/C6H8N2.C6H6S/c7-5-2-1-3-6(8)4-5;7-6-4-2-1-3-5-6/h1-4H,7-8H2;1-5,7H. The van der Waals surface area contributed by atoms with Crippen molar-refractivity contribution in [3.63, 3.8) is 0 Å². The van der Waals surface area contributed by atoms with Crippen molar-refractivity contribution in [1.82, 2.24) is 0 Å². The van der Waals surface area contributed by atoms with Crippen LogP contribution in [0.1, 0.15) is 0 Å². The number of hydrogen-bond acceptors (Lipinski definition) is 3. The molecule has 0 fully saturated rings. The second kappa shape index (κ2) is 5.98. The van der Waals surface area contributed by atoms with E-state index in [9.17, 15) is 0 Å². The number of anilines is 2. The lowest BCUT2D eigenvalue weighted by Gasteiger charge is -1.91. The minimum absolute atomic E-state index is 0.713. The van der Waals surface area contributed by atoms with E-state index in [0.717, 1.165) is 4.90 Å². The Hall–Kier alpha value is -1.61. The van der Waals surface area contributed by atoms with E-state index in [2.05, 4.69) is 12.6 Å². The molecule has 0 spiro atoms. The van der Waals surface area contributed by atoms with E-state index in [4.69, 9.17) is 11.5 Å². The number of rotatable bonds is 0. The van der Waals surface area contributed by atoms with Crippen molar-refractivity contribution < 1.29 is 0 Å². The van der Waals surface area contributed by atoms with Crippen LogP contribution in [0.25, 0.3) is 0 Å². The molecule has 0 aliphatic carbocycles. The summed E-state index contributed by atoms with van der Waals surface area (Å²) in [5.74, 6) is 0. The van der Waals surface area contributed by atoms with Gasteiger partial charge in [0.2, 0.25) is 0 Å². The van der Waals surface area contributed by atoms with Crippen LogP contribution in [0, 0.1) is 0 Å². The average Bonchev–Trinajstić information content (AvgIpc) is 2.19. The fourth-order valence-corrected chi connectivity index (χ4v) is 1.16. The molecule has 2 aromatic carbocycles. The van der Waals surface area contributed by atoms with Gasteiger partial charge in [-0.3, -0.25) is 0 Å². The summed E-state index contributed by atoms with van der Waals surface area (Å²) >= 11 is 4.08. The number of thiol groups is 1. The predicted molar refractivity (Wildman–Crippen MR) is 69.0 cm³/mol. The van der Waals surface area contributed by atoms with Gasteiger partial charge in [0.25, 0.3) is 0 Å². The van der Waals surface area contributed by atoms with Crippen molar-refractivity contribution in [3.05, 3.63) is 54.6 Å². The number of benzene rings is 2. The molecule has 3 heteroatoms. The first kappa shape index (κ1) is 11.5. The van der Waals surface area contributed by atoms with Gasteiger partial charge in [0.1, 0.15) is 0 Å². The minimum atomic E-state index is 0.713. The summed E-state index contributed by atoms with van der Waals surface area (Å²) in [4.78, 5) is 1.02. The van der Waals surface area contributed by atoms with Crippen LogP contribution >= 0.6 is 12.6 Å². The third kappa shape index (κ3) is 4.98. The van der Waals surface area contributed by atoms with Gasteiger partial charge in [0.15, 0.2) is 0 Å². The summed E-state index contributed by atoms with van der Waals surface area (Å²) in [5.41, 5.74) is 12.2. The molecule has 0 heterocycles. The van der Waals surface area contributed by atoms with Crippen molar-refractivity contribution in [3.8, 4) is 0 Å². The van der Waals surface area contributed by atoms with E-state index >= 15 is 0 Å². The van der Waals surface area contributed by atoms with Crippen molar-refractivity contribution in [2.45, 2.75) is 4.90 Å². The molecule has 0 aliphatic rings. The molecule has 0 unspecified atom stereocenters. The first-order chi connectivity index (χ1) is 7.18. The van der Waals surface area contributed by atoms with Gasteiger partial charge in [-0.15, -0.1) is 12.6 Å². The van der Waals surface area contributed by atoms with Crippen LogP contribution in [0.15, 0.2) is 59.5 Å². The summed E-state index contributed by atoms with van der Waals surface area (Å²) in [7, 11) is 0. The first-order valence-corrected chi connectivity index (χ1v) is 4.98. The topological polar surface area (TPSA) is 52.0 Å². The lowest BCUT2D eigenvalue weighted by molar-refractivity contribution is 1.48. The molecule has 0 aromatic heterocycles. The maximum atomic E-state index is 5.38. The molecule has 0 saturated heterocycles. The quantitative estimate of drug-likeness (QED) is 0.470. The highest BCUT2D eigenvalue weighted by molar-refractivity contribution is 7.80. The summed E-state index contributed by atoms with van der Waals surface area (Å²) in [6.07, 6.45) is 0. The Morgan fingerprint density at radius 3 is 1.53 bits per heavy atom. The van der Waals surface area contributed by atoms with E-state index in [-0.39, 0.29) is 0 Å². The predicted octanol–water partition coefficient (Wildman–Crippen LogP) is 2.83. The molecule has 0 radical (unpaired) electrons. The van der Waals surface area contributed by atoms with Crippen LogP contribution in [-0.4, -0.2) is 0 Å². The third-order valence-electron chi connectivity index (χ3n) is 1.67. The van der Waals surface area contributed by atoms with Gasteiger partial charge < -0.3 is 11.5 Å². The Bertz CT molecular complexity index is 384. The second-order valence-electron chi connectivity index (χ2n) is 3.01. The maximum absolute atomic E-state index is 5.38. The van der Waals surface area contributed by atoms with Crippen molar-refractivity contribution in [1.29, 1.82) is 0 Å². The van der Waals surface area contributed by atoms with Gasteiger partial charge in [-0.05, 0) is 30.3 Å². The smallest absolute Gasteiger partial charge is 0.0334 e. The largest absolute Gasteiger partial charge is 0.399 e. The Balaban J connectivity index is 0.000000151. The summed E-state index contributed by atoms with van der Waals surface area (Å²) in [5, 5.41) is 0. The summed E-state index contributed by atoms with van der Waals surface area (Å²) in [6, 6.07) is 16.9. The molecule has 2 nitrogen and oxygen atoms in total. The van der Waals surface area contributed by atoms with Crippen LogP contribution in [0.4, 0.5) is 11.4 Å². The Kier molecular flexibility index (Phi) is 4.57. The number of nitrogens with two attached hydrogens (primary N) is 2. The lowest BCUT2D eigenvalue weighted by Crippen LogP contribution is -1.87.